The monoisotopic (exact) mass is 458 g/mol. The van der Waals surface area contributed by atoms with E-state index < -0.39 is 12.2 Å². The molecular formula is C26H30N6O2. The molecule has 1 fully saturated rings. The Bertz CT molecular complexity index is 1350. The molecule has 2 aliphatic rings. The standard InChI is InChI=1S/C26H30N6O2/c27-24-19-8-10-32(26(19)30-14-29-24)21-13-17(22(33)23(21)34)7-5-15-4-6-16-12-18-3-1-2-9-28-25(18)31-20(16)11-15/h4,6,8,10-12,14,17,21-23,33-34H,1-3,5,7,9,13H2,(H,28,31)(H2,27,29,30)/t17-,21+,22+,23-/m0/s1. The lowest BCUT2D eigenvalue weighted by Gasteiger charge is -2.19. The van der Waals surface area contributed by atoms with Gasteiger partial charge in [-0.3, -0.25) is 0 Å². The van der Waals surface area contributed by atoms with Crippen molar-refractivity contribution in [1.82, 2.24) is 19.5 Å². The van der Waals surface area contributed by atoms with Crippen LogP contribution in [0.4, 0.5) is 11.6 Å². The van der Waals surface area contributed by atoms with Crippen molar-refractivity contribution in [3.8, 4) is 0 Å². The second-order valence-corrected chi connectivity index (χ2v) is 9.71. The van der Waals surface area contributed by atoms with Crippen molar-refractivity contribution >= 4 is 33.6 Å². The van der Waals surface area contributed by atoms with Crippen molar-refractivity contribution < 1.29 is 10.2 Å². The number of aliphatic hydroxyl groups excluding tert-OH is 2. The summed E-state index contributed by atoms with van der Waals surface area (Å²) in [6.45, 7) is 0.976. The van der Waals surface area contributed by atoms with Gasteiger partial charge in [0.2, 0.25) is 0 Å². The van der Waals surface area contributed by atoms with Gasteiger partial charge in [-0.2, -0.15) is 0 Å². The van der Waals surface area contributed by atoms with Crippen molar-refractivity contribution in [3.05, 3.63) is 54.0 Å². The fourth-order valence-corrected chi connectivity index (χ4v) is 5.68. The summed E-state index contributed by atoms with van der Waals surface area (Å²) in [5, 5.41) is 27.1. The van der Waals surface area contributed by atoms with Crippen molar-refractivity contribution in [2.75, 3.05) is 17.6 Å². The molecular weight excluding hydrogens is 428 g/mol. The number of nitrogens with one attached hydrogen (secondary N) is 1. The van der Waals surface area contributed by atoms with E-state index >= 15 is 0 Å². The quantitative estimate of drug-likeness (QED) is 0.370. The van der Waals surface area contributed by atoms with Crippen LogP contribution in [0.5, 0.6) is 0 Å². The van der Waals surface area contributed by atoms with Crippen LogP contribution < -0.4 is 11.1 Å². The van der Waals surface area contributed by atoms with Gasteiger partial charge in [-0.1, -0.05) is 12.1 Å². The van der Waals surface area contributed by atoms with E-state index in [1.807, 2.05) is 16.8 Å². The largest absolute Gasteiger partial charge is 0.390 e. The normalized spacial score (nSPS) is 24.8. The molecule has 0 radical (unpaired) electrons. The summed E-state index contributed by atoms with van der Waals surface area (Å²) in [6.07, 6.45) is 7.43. The van der Waals surface area contributed by atoms with E-state index in [1.54, 1.807) is 0 Å². The number of fused-ring (bicyclic) bond motifs is 3. The van der Waals surface area contributed by atoms with E-state index in [0.29, 0.717) is 17.9 Å². The average molecular weight is 459 g/mol. The molecule has 0 unspecified atom stereocenters. The molecule has 1 aliphatic heterocycles. The fourth-order valence-electron chi connectivity index (χ4n) is 5.68. The molecule has 8 heteroatoms. The molecule has 8 nitrogen and oxygen atoms in total. The Morgan fingerprint density at radius 1 is 1.09 bits per heavy atom. The minimum absolute atomic E-state index is 0.00555. The van der Waals surface area contributed by atoms with Gasteiger partial charge in [-0.15, -0.1) is 0 Å². The summed E-state index contributed by atoms with van der Waals surface area (Å²) in [5.41, 5.74) is 10.2. The number of anilines is 2. The smallest absolute Gasteiger partial charge is 0.145 e. The van der Waals surface area contributed by atoms with E-state index in [0.717, 1.165) is 42.5 Å². The van der Waals surface area contributed by atoms with Crippen LogP contribution in [0.25, 0.3) is 21.9 Å². The second-order valence-electron chi connectivity index (χ2n) is 9.71. The zero-order chi connectivity index (χ0) is 23.2. The van der Waals surface area contributed by atoms with E-state index in [1.165, 1.54) is 35.7 Å². The highest BCUT2D eigenvalue weighted by Gasteiger charge is 2.42. The van der Waals surface area contributed by atoms with Gasteiger partial charge in [0.1, 0.15) is 29.7 Å². The number of hydrogen-bond acceptors (Lipinski definition) is 7. The van der Waals surface area contributed by atoms with Gasteiger partial charge in [0.15, 0.2) is 0 Å². The highest BCUT2D eigenvalue weighted by molar-refractivity contribution is 5.86. The van der Waals surface area contributed by atoms with Gasteiger partial charge in [0.25, 0.3) is 0 Å². The molecule has 1 aromatic carbocycles. The molecule has 6 rings (SSSR count). The Morgan fingerprint density at radius 3 is 2.91 bits per heavy atom. The van der Waals surface area contributed by atoms with Gasteiger partial charge in [-0.25, -0.2) is 15.0 Å². The number of nitrogen functional groups attached to an aromatic ring is 1. The third kappa shape index (κ3) is 3.67. The maximum Gasteiger partial charge on any atom is 0.145 e. The Hall–Kier alpha value is -3.23. The van der Waals surface area contributed by atoms with Crippen LogP contribution in [0.15, 0.2) is 42.9 Å². The lowest BCUT2D eigenvalue weighted by atomic mass is 9.95. The SMILES string of the molecule is Nc1ncnc2c1ccn2[C@@H]1C[C@H](CCc2ccc3cc4c(nc3c2)NCCCC4)[C@@H](O)[C@H]1O. The van der Waals surface area contributed by atoms with Gasteiger partial charge in [0.05, 0.1) is 23.0 Å². The summed E-state index contributed by atoms with van der Waals surface area (Å²) in [4.78, 5) is 13.3. The molecule has 0 saturated heterocycles. The van der Waals surface area contributed by atoms with Crippen molar-refractivity contribution in [3.63, 3.8) is 0 Å². The Balaban J connectivity index is 1.19. The van der Waals surface area contributed by atoms with Crippen molar-refractivity contribution in [1.29, 1.82) is 0 Å². The van der Waals surface area contributed by atoms with E-state index in [-0.39, 0.29) is 12.0 Å². The van der Waals surface area contributed by atoms with Crippen LogP contribution in [0.3, 0.4) is 0 Å². The number of pyridine rings is 1. The zero-order valence-electron chi connectivity index (χ0n) is 19.1. The lowest BCUT2D eigenvalue weighted by molar-refractivity contribution is 0.00545. The molecule has 4 aromatic rings. The Morgan fingerprint density at radius 2 is 2.00 bits per heavy atom. The molecule has 0 amide bonds. The summed E-state index contributed by atoms with van der Waals surface area (Å²) in [7, 11) is 0. The van der Waals surface area contributed by atoms with Crippen LogP contribution in [-0.2, 0) is 12.8 Å². The maximum absolute atomic E-state index is 10.8. The first-order chi connectivity index (χ1) is 16.6. The maximum atomic E-state index is 10.8. The average Bonchev–Trinajstić information content (AvgIpc) is 3.29. The first-order valence-electron chi connectivity index (χ1n) is 12.2. The van der Waals surface area contributed by atoms with Crippen molar-refractivity contribution in [2.45, 2.75) is 56.8 Å². The molecule has 5 N–H and O–H groups in total. The van der Waals surface area contributed by atoms with Crippen LogP contribution in [-0.4, -0.2) is 48.5 Å². The number of hydrogen-bond donors (Lipinski definition) is 4. The molecule has 3 aromatic heterocycles. The molecule has 0 spiro atoms. The van der Waals surface area contributed by atoms with E-state index in [9.17, 15) is 10.2 Å². The Labute approximate surface area is 197 Å². The lowest BCUT2D eigenvalue weighted by Crippen LogP contribution is -2.29. The number of aryl methyl sites for hydroxylation is 2. The minimum Gasteiger partial charge on any atom is -0.390 e. The molecule has 4 atom stereocenters. The van der Waals surface area contributed by atoms with Crippen LogP contribution >= 0.6 is 0 Å². The highest BCUT2D eigenvalue weighted by Crippen LogP contribution is 2.39. The van der Waals surface area contributed by atoms with E-state index in [4.69, 9.17) is 10.7 Å². The summed E-state index contributed by atoms with van der Waals surface area (Å²) in [6, 6.07) is 10.4. The number of aliphatic hydroxyl groups is 2. The van der Waals surface area contributed by atoms with Gasteiger partial charge < -0.3 is 25.8 Å². The zero-order valence-corrected chi connectivity index (χ0v) is 19.1. The summed E-state index contributed by atoms with van der Waals surface area (Å²) >= 11 is 0. The molecule has 1 saturated carbocycles. The van der Waals surface area contributed by atoms with Crippen LogP contribution in [0, 0.1) is 5.92 Å². The summed E-state index contributed by atoms with van der Waals surface area (Å²) < 4.78 is 1.93. The number of nitrogens with two attached hydrogens (primary N) is 1. The number of aromatic nitrogens is 4. The first-order valence-corrected chi connectivity index (χ1v) is 12.2. The molecule has 1 aliphatic carbocycles. The number of nitrogens with zero attached hydrogens (tertiary/aromatic N) is 4. The van der Waals surface area contributed by atoms with Crippen LogP contribution in [0.1, 0.15) is 42.9 Å². The Kier molecular flexibility index (Phi) is 5.34. The second kappa shape index (κ2) is 8.52. The van der Waals surface area contributed by atoms with Gasteiger partial charge in [0, 0.05) is 18.1 Å². The highest BCUT2D eigenvalue weighted by atomic mass is 16.3. The third-order valence-electron chi connectivity index (χ3n) is 7.60. The summed E-state index contributed by atoms with van der Waals surface area (Å²) in [5.74, 6) is 1.43. The van der Waals surface area contributed by atoms with E-state index in [2.05, 4.69) is 39.6 Å². The molecule has 34 heavy (non-hydrogen) atoms. The number of benzene rings is 1. The predicted octanol–water partition coefficient (Wildman–Crippen LogP) is 3.23. The molecule has 176 valence electrons. The molecule has 0 bridgehead atoms. The first kappa shape index (κ1) is 21.3. The van der Waals surface area contributed by atoms with Crippen molar-refractivity contribution in [2.24, 2.45) is 5.92 Å². The van der Waals surface area contributed by atoms with Crippen LogP contribution in [0.2, 0.25) is 0 Å². The van der Waals surface area contributed by atoms with Gasteiger partial charge in [-0.05, 0) is 73.8 Å². The minimum atomic E-state index is -0.850. The predicted molar refractivity (Wildman–Crippen MR) is 133 cm³/mol. The topological polar surface area (TPSA) is 122 Å². The third-order valence-corrected chi connectivity index (χ3v) is 7.60. The van der Waals surface area contributed by atoms with Gasteiger partial charge >= 0.3 is 0 Å². The number of rotatable bonds is 4. The molecule has 4 heterocycles. The fraction of sp³-hybridized carbons (Fsp3) is 0.423.